The molecule has 1 aromatic heterocycles. The molecule has 1 heterocycles. The molecule has 0 unspecified atom stereocenters. The van der Waals surface area contributed by atoms with Crippen molar-refractivity contribution in [3.8, 4) is 11.6 Å². The molecule has 1 N–H and O–H groups in total. The Balaban J connectivity index is 0.00000161. The second-order valence-electron chi connectivity index (χ2n) is 8.97. The molecule has 0 atom stereocenters. The van der Waals surface area contributed by atoms with Crippen molar-refractivity contribution in [2.24, 2.45) is 0 Å². The standard InChI is InChI=1S/C29H31N3O3.C2H6O/c1-21(2)32(4)17-16-28(24(19-33)18-23-10-8-22(3)9-11-23)30-25-12-14-27(15-13-25)35-29-7-5-6-26(20-34)31-29;1-3-2/h5-17,19-21,30H,18H2,1-4H3;1-2H3/b17-16-,28-24+;. The number of hydrogen-bond acceptors (Lipinski definition) is 7. The van der Waals surface area contributed by atoms with Crippen molar-refractivity contribution in [1.82, 2.24) is 9.88 Å². The fraction of sp³-hybridized carbons (Fsp3) is 0.258. The maximum atomic E-state index is 12.1. The van der Waals surface area contributed by atoms with Crippen molar-refractivity contribution >= 4 is 18.3 Å². The third-order valence-electron chi connectivity index (χ3n) is 5.52. The molecule has 7 heteroatoms. The van der Waals surface area contributed by atoms with E-state index in [1.165, 1.54) is 5.56 Å². The quantitative estimate of drug-likeness (QED) is 0.184. The lowest BCUT2D eigenvalue weighted by Crippen LogP contribution is -2.20. The minimum Gasteiger partial charge on any atom is -0.439 e. The van der Waals surface area contributed by atoms with Gasteiger partial charge in [0, 0.05) is 63.0 Å². The Hall–Kier alpha value is -4.23. The fourth-order valence-electron chi connectivity index (χ4n) is 3.16. The average molecular weight is 516 g/mol. The van der Waals surface area contributed by atoms with Crippen LogP contribution in [0.3, 0.4) is 0 Å². The fourth-order valence-corrected chi connectivity index (χ4v) is 3.16. The van der Waals surface area contributed by atoms with Gasteiger partial charge in [-0.25, -0.2) is 4.98 Å². The predicted octanol–water partition coefficient (Wildman–Crippen LogP) is 6.22. The summed E-state index contributed by atoms with van der Waals surface area (Å²) in [6, 6.07) is 20.9. The van der Waals surface area contributed by atoms with Crippen LogP contribution in [-0.4, -0.2) is 49.8 Å². The normalized spacial score (nSPS) is 11.3. The zero-order valence-corrected chi connectivity index (χ0v) is 23.0. The first kappa shape index (κ1) is 30.0. The summed E-state index contributed by atoms with van der Waals surface area (Å²) in [5, 5.41) is 3.38. The second kappa shape index (κ2) is 15.8. The van der Waals surface area contributed by atoms with Gasteiger partial charge < -0.3 is 19.7 Å². The molecule has 0 aliphatic carbocycles. The SMILES string of the molecule is COC.Cc1ccc(C/C(C=O)=C(/C=C\N(C)C(C)C)Nc2ccc(Oc3cccc(C=O)n3)cc2)cc1. The molecule has 3 aromatic rings. The van der Waals surface area contributed by atoms with Crippen LogP contribution < -0.4 is 10.1 Å². The number of aryl methyl sites for hydroxylation is 1. The van der Waals surface area contributed by atoms with Gasteiger partial charge in [-0.3, -0.25) is 9.59 Å². The van der Waals surface area contributed by atoms with Gasteiger partial charge in [-0.15, -0.1) is 0 Å². The molecule has 0 amide bonds. The first-order valence-corrected chi connectivity index (χ1v) is 12.3. The molecule has 0 saturated carbocycles. The Morgan fingerprint density at radius 3 is 2.24 bits per heavy atom. The van der Waals surface area contributed by atoms with Crippen LogP contribution in [0.15, 0.2) is 90.3 Å². The van der Waals surface area contributed by atoms with Crippen molar-refractivity contribution in [2.45, 2.75) is 33.2 Å². The maximum Gasteiger partial charge on any atom is 0.219 e. The Morgan fingerprint density at radius 2 is 1.66 bits per heavy atom. The highest BCUT2D eigenvalue weighted by molar-refractivity contribution is 5.78. The number of benzene rings is 2. The van der Waals surface area contributed by atoms with Crippen LogP contribution in [0.2, 0.25) is 0 Å². The largest absolute Gasteiger partial charge is 0.439 e. The molecule has 3 rings (SSSR count). The lowest BCUT2D eigenvalue weighted by atomic mass is 10.0. The lowest BCUT2D eigenvalue weighted by molar-refractivity contribution is -0.105. The molecule has 0 aliphatic heterocycles. The number of aromatic nitrogens is 1. The highest BCUT2D eigenvalue weighted by atomic mass is 16.5. The van der Waals surface area contributed by atoms with E-state index >= 15 is 0 Å². The number of pyridine rings is 1. The number of ether oxygens (including phenoxy) is 2. The molecule has 38 heavy (non-hydrogen) atoms. The monoisotopic (exact) mass is 515 g/mol. The average Bonchev–Trinajstić information content (AvgIpc) is 2.92. The van der Waals surface area contributed by atoms with Gasteiger partial charge >= 0.3 is 0 Å². The summed E-state index contributed by atoms with van der Waals surface area (Å²) in [6.07, 6.45) is 6.00. The van der Waals surface area contributed by atoms with E-state index in [0.717, 1.165) is 23.2 Å². The molecular weight excluding hydrogens is 478 g/mol. The van der Waals surface area contributed by atoms with Crippen LogP contribution in [0.25, 0.3) is 0 Å². The van der Waals surface area contributed by atoms with Crippen LogP contribution in [0.1, 0.15) is 35.5 Å². The van der Waals surface area contributed by atoms with E-state index < -0.39 is 0 Å². The lowest BCUT2D eigenvalue weighted by Gasteiger charge is -2.19. The van der Waals surface area contributed by atoms with Gasteiger partial charge in [0.25, 0.3) is 0 Å². The summed E-state index contributed by atoms with van der Waals surface area (Å²) in [7, 11) is 5.25. The number of methoxy groups -OCH3 is 1. The summed E-state index contributed by atoms with van der Waals surface area (Å²) >= 11 is 0. The molecule has 2 aromatic carbocycles. The zero-order chi connectivity index (χ0) is 27.9. The predicted molar refractivity (Wildman–Crippen MR) is 153 cm³/mol. The number of anilines is 1. The summed E-state index contributed by atoms with van der Waals surface area (Å²) in [6.45, 7) is 6.25. The molecular formula is C31H37N3O4. The van der Waals surface area contributed by atoms with Gasteiger partial charge in [0.1, 0.15) is 17.7 Å². The van der Waals surface area contributed by atoms with Crippen LogP contribution in [0.5, 0.6) is 11.6 Å². The van der Waals surface area contributed by atoms with Crippen molar-refractivity contribution in [3.63, 3.8) is 0 Å². The first-order valence-electron chi connectivity index (χ1n) is 12.3. The molecule has 200 valence electrons. The van der Waals surface area contributed by atoms with Crippen LogP contribution in [-0.2, 0) is 16.0 Å². The molecule has 0 saturated heterocycles. The molecule has 0 radical (unpaired) electrons. The van der Waals surface area contributed by atoms with E-state index in [4.69, 9.17) is 4.74 Å². The molecule has 0 spiro atoms. The van der Waals surface area contributed by atoms with Crippen molar-refractivity contribution in [3.05, 3.63) is 107 Å². The molecule has 0 aliphatic rings. The number of nitrogens with zero attached hydrogens (tertiary/aromatic N) is 2. The van der Waals surface area contributed by atoms with E-state index in [1.54, 1.807) is 44.6 Å². The maximum absolute atomic E-state index is 12.1. The van der Waals surface area contributed by atoms with Gasteiger partial charge in [0.05, 0.1) is 0 Å². The summed E-state index contributed by atoms with van der Waals surface area (Å²) in [5.41, 5.74) is 4.74. The van der Waals surface area contributed by atoms with E-state index in [1.807, 2.05) is 62.6 Å². The summed E-state index contributed by atoms with van der Waals surface area (Å²) in [5.74, 6) is 0.930. The van der Waals surface area contributed by atoms with Crippen molar-refractivity contribution in [1.29, 1.82) is 0 Å². The molecule has 7 nitrogen and oxygen atoms in total. The second-order valence-corrected chi connectivity index (χ2v) is 8.97. The Morgan fingerprint density at radius 1 is 1.00 bits per heavy atom. The topological polar surface area (TPSA) is 80.8 Å². The third-order valence-corrected chi connectivity index (χ3v) is 5.52. The summed E-state index contributed by atoms with van der Waals surface area (Å²) < 4.78 is 10.0. The first-order chi connectivity index (χ1) is 18.3. The number of allylic oxidation sites excluding steroid dienone is 2. The van der Waals surface area contributed by atoms with Gasteiger partial charge in [-0.05, 0) is 62.7 Å². The van der Waals surface area contributed by atoms with Crippen molar-refractivity contribution < 1.29 is 19.1 Å². The number of aldehydes is 2. The number of nitrogens with one attached hydrogen (secondary N) is 1. The van der Waals surface area contributed by atoms with E-state index in [0.29, 0.717) is 41.6 Å². The minimum absolute atomic E-state index is 0.309. The van der Waals surface area contributed by atoms with E-state index in [9.17, 15) is 9.59 Å². The molecule has 0 fully saturated rings. The highest BCUT2D eigenvalue weighted by Crippen LogP contribution is 2.23. The Labute approximate surface area is 225 Å². The number of rotatable bonds is 11. The van der Waals surface area contributed by atoms with Crippen molar-refractivity contribution in [2.75, 3.05) is 26.6 Å². The number of carbonyl (C=O) groups is 2. The summed E-state index contributed by atoms with van der Waals surface area (Å²) in [4.78, 5) is 29.2. The third kappa shape index (κ3) is 10.0. The Bertz CT molecular complexity index is 1220. The molecule has 0 bridgehead atoms. The van der Waals surface area contributed by atoms with Gasteiger partial charge in [-0.2, -0.15) is 0 Å². The van der Waals surface area contributed by atoms with Crippen LogP contribution >= 0.6 is 0 Å². The minimum atomic E-state index is 0.309. The zero-order valence-electron chi connectivity index (χ0n) is 23.0. The highest BCUT2D eigenvalue weighted by Gasteiger charge is 2.08. The van der Waals surface area contributed by atoms with Gasteiger partial charge in [0.15, 0.2) is 6.29 Å². The van der Waals surface area contributed by atoms with E-state index in [2.05, 4.69) is 33.8 Å². The van der Waals surface area contributed by atoms with Crippen LogP contribution in [0, 0.1) is 6.92 Å². The number of carbonyl (C=O) groups excluding carboxylic acids is 2. The van der Waals surface area contributed by atoms with Gasteiger partial charge in [-0.1, -0.05) is 35.9 Å². The van der Waals surface area contributed by atoms with Crippen LogP contribution in [0.4, 0.5) is 5.69 Å². The van der Waals surface area contributed by atoms with Gasteiger partial charge in [0.2, 0.25) is 5.88 Å². The Kier molecular flexibility index (Phi) is 12.5. The number of hydrogen-bond donors (Lipinski definition) is 1. The van der Waals surface area contributed by atoms with E-state index in [-0.39, 0.29) is 0 Å². The smallest absolute Gasteiger partial charge is 0.219 e.